The smallest absolute Gasteiger partial charge is 0.00109 e. The Labute approximate surface area is 76.7 Å². The third kappa shape index (κ3) is 5.93. The molecule has 0 radical (unpaired) electrons. The molecule has 0 aliphatic carbocycles. The fourth-order valence-corrected chi connectivity index (χ4v) is 0.706. The number of hydrogen-bond donors (Lipinski definition) is 1. The highest BCUT2D eigenvalue weighted by Crippen LogP contribution is 2.09. The van der Waals surface area contributed by atoms with Gasteiger partial charge in [-0.25, -0.2) is 0 Å². The summed E-state index contributed by atoms with van der Waals surface area (Å²) in [6.45, 7) is 14.0. The first-order valence-corrected chi connectivity index (χ1v) is 4.41. The van der Waals surface area contributed by atoms with Crippen LogP contribution in [0.3, 0.4) is 0 Å². The Kier molecular flexibility index (Phi) is 11.7. The summed E-state index contributed by atoms with van der Waals surface area (Å²) < 4.78 is 0. The summed E-state index contributed by atoms with van der Waals surface area (Å²) in [7, 11) is 0. The van der Waals surface area contributed by atoms with E-state index in [0.717, 1.165) is 5.57 Å². The maximum absolute atomic E-state index is 5.46. The highest BCUT2D eigenvalue weighted by molar-refractivity contribution is 5.23. The van der Waals surface area contributed by atoms with E-state index in [2.05, 4.69) is 20.1 Å². The van der Waals surface area contributed by atoms with Crippen LogP contribution in [0.15, 0.2) is 37.0 Å². The van der Waals surface area contributed by atoms with Gasteiger partial charge < -0.3 is 5.73 Å². The van der Waals surface area contributed by atoms with E-state index in [-0.39, 0.29) is 0 Å². The Bertz CT molecular complexity index is 145. The van der Waals surface area contributed by atoms with E-state index in [1.807, 2.05) is 26.0 Å². The van der Waals surface area contributed by atoms with Crippen LogP contribution in [0.1, 0.15) is 20.8 Å². The molecule has 0 aliphatic heterocycles. The number of nitrogens with two attached hydrogens (primary N) is 1. The Morgan fingerprint density at radius 3 is 2.17 bits per heavy atom. The van der Waals surface area contributed by atoms with Crippen molar-refractivity contribution in [1.82, 2.24) is 0 Å². The van der Waals surface area contributed by atoms with Gasteiger partial charge in [-0.15, -0.1) is 0 Å². The highest BCUT2D eigenvalue weighted by atomic mass is 14.5. The van der Waals surface area contributed by atoms with Crippen LogP contribution < -0.4 is 5.73 Å². The summed E-state index contributed by atoms with van der Waals surface area (Å²) in [5.41, 5.74) is 6.61. The van der Waals surface area contributed by atoms with Crippen LogP contribution in [0.2, 0.25) is 0 Å². The molecule has 2 N–H and O–H groups in total. The Morgan fingerprint density at radius 1 is 1.42 bits per heavy atom. The fraction of sp³-hybridized carbons (Fsp3) is 0.455. The molecule has 1 atom stereocenters. The Hall–Kier alpha value is -0.820. The Morgan fingerprint density at radius 2 is 1.92 bits per heavy atom. The van der Waals surface area contributed by atoms with Gasteiger partial charge in [-0.05, 0) is 18.0 Å². The molecule has 0 fully saturated rings. The van der Waals surface area contributed by atoms with Gasteiger partial charge in [-0.3, -0.25) is 0 Å². The van der Waals surface area contributed by atoms with Crippen LogP contribution in [0.4, 0.5) is 0 Å². The summed E-state index contributed by atoms with van der Waals surface area (Å²) in [4.78, 5) is 0. The zero-order valence-corrected chi connectivity index (χ0v) is 8.51. The molecule has 1 unspecified atom stereocenters. The first-order valence-electron chi connectivity index (χ1n) is 4.41. The van der Waals surface area contributed by atoms with Crippen molar-refractivity contribution in [2.45, 2.75) is 20.8 Å². The lowest BCUT2D eigenvalue weighted by Crippen LogP contribution is -2.11. The van der Waals surface area contributed by atoms with Crippen LogP contribution in [-0.4, -0.2) is 6.54 Å². The predicted molar refractivity (Wildman–Crippen MR) is 58.0 cm³/mol. The number of rotatable bonds is 4. The SMILES string of the molecule is C=C/C=C(\C=C)C(C)CN.CC. The van der Waals surface area contributed by atoms with Gasteiger partial charge in [0.05, 0.1) is 0 Å². The van der Waals surface area contributed by atoms with Crippen molar-refractivity contribution in [2.24, 2.45) is 11.7 Å². The first-order chi connectivity index (χ1) is 5.76. The second kappa shape index (κ2) is 10.2. The molecule has 0 aromatic heterocycles. The van der Waals surface area contributed by atoms with Crippen LogP contribution in [-0.2, 0) is 0 Å². The van der Waals surface area contributed by atoms with E-state index in [0.29, 0.717) is 12.5 Å². The topological polar surface area (TPSA) is 26.0 Å². The van der Waals surface area contributed by atoms with Crippen LogP contribution in [0.5, 0.6) is 0 Å². The van der Waals surface area contributed by atoms with Gasteiger partial charge in [-0.2, -0.15) is 0 Å². The van der Waals surface area contributed by atoms with E-state index in [1.54, 1.807) is 6.08 Å². The molecule has 12 heavy (non-hydrogen) atoms. The van der Waals surface area contributed by atoms with Gasteiger partial charge in [0.25, 0.3) is 0 Å². The molecule has 0 saturated carbocycles. The van der Waals surface area contributed by atoms with Gasteiger partial charge in [0.1, 0.15) is 0 Å². The predicted octanol–water partition coefficient (Wildman–Crippen LogP) is 2.91. The summed E-state index contributed by atoms with van der Waals surface area (Å²) in [6, 6.07) is 0. The maximum atomic E-state index is 5.46. The Balaban J connectivity index is 0. The minimum absolute atomic E-state index is 0.385. The summed E-state index contributed by atoms with van der Waals surface area (Å²) in [5, 5.41) is 0. The zero-order chi connectivity index (χ0) is 9.98. The molecule has 0 amide bonds. The molecular weight excluding hydrogens is 146 g/mol. The second-order valence-electron chi connectivity index (χ2n) is 2.24. The molecule has 0 heterocycles. The third-order valence-corrected chi connectivity index (χ3v) is 1.47. The normalized spacial score (nSPS) is 12.5. The largest absolute Gasteiger partial charge is 0.330 e. The molecule has 1 heteroatoms. The minimum atomic E-state index is 0.385. The van der Waals surface area contributed by atoms with E-state index < -0.39 is 0 Å². The van der Waals surface area contributed by atoms with Crippen molar-refractivity contribution in [3.05, 3.63) is 37.0 Å². The van der Waals surface area contributed by atoms with E-state index in [9.17, 15) is 0 Å². The van der Waals surface area contributed by atoms with Crippen LogP contribution >= 0.6 is 0 Å². The molecule has 0 rings (SSSR count). The molecule has 0 bridgehead atoms. The second-order valence-corrected chi connectivity index (χ2v) is 2.24. The standard InChI is InChI=1S/C9H15N.C2H6/c1-4-6-9(5-2)8(3)7-10;1-2/h4-6,8H,1-2,7,10H2,3H3;1-2H3/b9-6+;. The van der Waals surface area contributed by atoms with Crippen molar-refractivity contribution in [2.75, 3.05) is 6.54 Å². The molecule has 0 aliphatic rings. The van der Waals surface area contributed by atoms with Gasteiger partial charge in [-0.1, -0.05) is 52.2 Å². The molecule has 1 nitrogen and oxygen atoms in total. The monoisotopic (exact) mass is 167 g/mol. The molecular formula is C11H21N. The van der Waals surface area contributed by atoms with Gasteiger partial charge >= 0.3 is 0 Å². The van der Waals surface area contributed by atoms with Crippen LogP contribution in [0.25, 0.3) is 0 Å². The quantitative estimate of drug-likeness (QED) is 0.640. The molecule has 70 valence electrons. The van der Waals surface area contributed by atoms with E-state index >= 15 is 0 Å². The average molecular weight is 167 g/mol. The molecule has 0 aromatic carbocycles. The molecule has 0 saturated heterocycles. The minimum Gasteiger partial charge on any atom is -0.330 e. The van der Waals surface area contributed by atoms with Crippen molar-refractivity contribution >= 4 is 0 Å². The van der Waals surface area contributed by atoms with E-state index in [4.69, 9.17) is 5.73 Å². The van der Waals surface area contributed by atoms with Gasteiger partial charge in [0.2, 0.25) is 0 Å². The molecule has 0 spiro atoms. The van der Waals surface area contributed by atoms with Crippen molar-refractivity contribution in [3.63, 3.8) is 0 Å². The van der Waals surface area contributed by atoms with Crippen molar-refractivity contribution < 1.29 is 0 Å². The number of allylic oxidation sites excluding steroid dienone is 3. The first kappa shape index (κ1) is 13.7. The van der Waals surface area contributed by atoms with Crippen molar-refractivity contribution in [1.29, 1.82) is 0 Å². The lowest BCUT2D eigenvalue weighted by molar-refractivity contribution is 0.710. The summed E-state index contributed by atoms with van der Waals surface area (Å²) in [6.07, 6.45) is 5.51. The maximum Gasteiger partial charge on any atom is -0.00109 e. The fourth-order valence-electron chi connectivity index (χ4n) is 0.706. The highest BCUT2D eigenvalue weighted by Gasteiger charge is 1.99. The van der Waals surface area contributed by atoms with Gasteiger partial charge in [0, 0.05) is 0 Å². The summed E-state index contributed by atoms with van der Waals surface area (Å²) >= 11 is 0. The average Bonchev–Trinajstić information content (AvgIpc) is 2.16. The lowest BCUT2D eigenvalue weighted by Gasteiger charge is -2.07. The van der Waals surface area contributed by atoms with Gasteiger partial charge in [0.15, 0.2) is 0 Å². The lowest BCUT2D eigenvalue weighted by atomic mass is 10.0. The molecule has 0 aromatic rings. The number of hydrogen-bond acceptors (Lipinski definition) is 1. The summed E-state index contributed by atoms with van der Waals surface area (Å²) in [5.74, 6) is 0.385. The zero-order valence-electron chi connectivity index (χ0n) is 8.51. The van der Waals surface area contributed by atoms with Crippen LogP contribution in [0, 0.1) is 5.92 Å². The third-order valence-electron chi connectivity index (χ3n) is 1.47. The van der Waals surface area contributed by atoms with E-state index in [1.165, 1.54) is 0 Å². The van der Waals surface area contributed by atoms with Crippen molar-refractivity contribution in [3.8, 4) is 0 Å².